The van der Waals surface area contributed by atoms with Crippen LogP contribution >= 0.6 is 0 Å². The number of rotatable bonds is 8. The van der Waals surface area contributed by atoms with Gasteiger partial charge in [0.05, 0.1) is 0 Å². The van der Waals surface area contributed by atoms with Crippen molar-refractivity contribution in [3.05, 3.63) is 48.1 Å². The van der Waals surface area contributed by atoms with E-state index in [-0.39, 0.29) is 11.8 Å². The fourth-order valence-corrected chi connectivity index (χ4v) is 1.97. The second kappa shape index (κ2) is 10.6. The highest BCUT2D eigenvalue weighted by atomic mass is 16.2. The maximum absolute atomic E-state index is 11.8. The molecule has 0 atom stereocenters. The molecule has 0 aromatic heterocycles. The molecule has 1 aliphatic rings. The maximum Gasteiger partial charge on any atom is 0.220 e. The first kappa shape index (κ1) is 18.0. The number of nitrogens with one attached hydrogen (secondary N) is 2. The number of hydrogen-bond donors (Lipinski definition) is 2. The van der Waals surface area contributed by atoms with Gasteiger partial charge < -0.3 is 10.6 Å². The number of allylic oxidation sites excluding steroid dienone is 8. The predicted molar refractivity (Wildman–Crippen MR) is 90.2 cm³/mol. The van der Waals surface area contributed by atoms with Gasteiger partial charge in [0.15, 0.2) is 0 Å². The monoisotopic (exact) mass is 302 g/mol. The summed E-state index contributed by atoms with van der Waals surface area (Å²) in [6.45, 7) is 4.96. The molecule has 0 unspecified atom stereocenters. The first-order valence-electron chi connectivity index (χ1n) is 7.82. The van der Waals surface area contributed by atoms with Gasteiger partial charge in [-0.1, -0.05) is 56.4 Å². The van der Waals surface area contributed by atoms with Crippen molar-refractivity contribution in [2.45, 2.75) is 33.1 Å². The Morgan fingerprint density at radius 1 is 0.955 bits per heavy atom. The van der Waals surface area contributed by atoms with E-state index >= 15 is 0 Å². The summed E-state index contributed by atoms with van der Waals surface area (Å²) >= 11 is 0. The van der Waals surface area contributed by atoms with E-state index in [1.807, 2.05) is 56.4 Å². The fourth-order valence-electron chi connectivity index (χ4n) is 1.97. The van der Waals surface area contributed by atoms with E-state index in [1.54, 1.807) is 0 Å². The summed E-state index contributed by atoms with van der Waals surface area (Å²) in [5.74, 6) is 0.395. The van der Waals surface area contributed by atoms with Gasteiger partial charge in [-0.3, -0.25) is 9.59 Å². The van der Waals surface area contributed by atoms with Gasteiger partial charge in [-0.05, 0) is 17.9 Å². The van der Waals surface area contributed by atoms with Crippen LogP contribution in [0.5, 0.6) is 0 Å². The third kappa shape index (κ3) is 8.95. The minimum atomic E-state index is 0.00832. The zero-order valence-corrected chi connectivity index (χ0v) is 13.5. The Morgan fingerprint density at radius 3 is 2.32 bits per heavy atom. The second-order valence-corrected chi connectivity index (χ2v) is 5.67. The summed E-state index contributed by atoms with van der Waals surface area (Å²) < 4.78 is 0. The number of amides is 2. The molecule has 0 spiro atoms. The Balaban J connectivity index is 2.15. The average Bonchev–Trinajstić information content (AvgIpc) is 2.41. The van der Waals surface area contributed by atoms with Crippen molar-refractivity contribution in [1.29, 1.82) is 0 Å². The van der Waals surface area contributed by atoms with E-state index in [0.717, 1.165) is 5.57 Å². The Hall–Kier alpha value is -2.10. The first-order valence-corrected chi connectivity index (χ1v) is 7.82. The average molecular weight is 302 g/mol. The van der Waals surface area contributed by atoms with Gasteiger partial charge in [0.25, 0.3) is 0 Å². The van der Waals surface area contributed by atoms with Crippen molar-refractivity contribution in [1.82, 2.24) is 10.6 Å². The van der Waals surface area contributed by atoms with Crippen molar-refractivity contribution >= 4 is 11.8 Å². The van der Waals surface area contributed by atoms with Gasteiger partial charge >= 0.3 is 0 Å². The molecule has 4 heteroatoms. The Bertz CT molecular complexity index is 485. The number of hydrogen-bond acceptors (Lipinski definition) is 2. The predicted octanol–water partition coefficient (Wildman–Crippen LogP) is 2.65. The molecule has 2 amide bonds. The normalized spacial score (nSPS) is 20.2. The third-order valence-corrected chi connectivity index (χ3v) is 3.07. The summed E-state index contributed by atoms with van der Waals surface area (Å²) in [7, 11) is 0. The molecule has 1 rings (SSSR count). The van der Waals surface area contributed by atoms with E-state index < -0.39 is 0 Å². The highest BCUT2D eigenvalue weighted by Gasteiger charge is 2.05. The Morgan fingerprint density at radius 2 is 1.59 bits per heavy atom. The molecule has 0 aromatic carbocycles. The fraction of sp³-hybridized carbons (Fsp3) is 0.444. The Labute approximate surface area is 133 Å². The summed E-state index contributed by atoms with van der Waals surface area (Å²) in [6.07, 6.45) is 15.5. The molecule has 120 valence electrons. The van der Waals surface area contributed by atoms with Crippen LogP contribution in [0.15, 0.2) is 48.1 Å². The van der Waals surface area contributed by atoms with Crippen LogP contribution in [0, 0.1) is 5.92 Å². The lowest BCUT2D eigenvalue weighted by Crippen LogP contribution is -2.34. The zero-order chi connectivity index (χ0) is 16.2. The van der Waals surface area contributed by atoms with Gasteiger partial charge in [0.1, 0.15) is 0 Å². The summed E-state index contributed by atoms with van der Waals surface area (Å²) in [5.41, 5.74) is 1.13. The molecule has 2 N–H and O–H groups in total. The number of carbonyl (C=O) groups is 2. The summed E-state index contributed by atoms with van der Waals surface area (Å²) in [4.78, 5) is 23.2. The SMILES string of the molecule is CC(C)CC(=O)NCCNC(=O)CCC1=C/C=C\C=C/C=C\1. The second-order valence-electron chi connectivity index (χ2n) is 5.67. The number of carbonyl (C=O) groups excluding carboxylic acids is 2. The molecule has 1 aliphatic carbocycles. The van der Waals surface area contributed by atoms with E-state index in [4.69, 9.17) is 0 Å². The van der Waals surface area contributed by atoms with E-state index in [1.165, 1.54) is 0 Å². The van der Waals surface area contributed by atoms with Gasteiger partial charge in [-0.2, -0.15) is 0 Å². The van der Waals surface area contributed by atoms with Crippen molar-refractivity contribution in [3.63, 3.8) is 0 Å². The van der Waals surface area contributed by atoms with Crippen LogP contribution in [-0.2, 0) is 9.59 Å². The van der Waals surface area contributed by atoms with Crippen molar-refractivity contribution in [2.24, 2.45) is 5.92 Å². The zero-order valence-electron chi connectivity index (χ0n) is 13.5. The van der Waals surface area contributed by atoms with Crippen LogP contribution < -0.4 is 10.6 Å². The highest BCUT2D eigenvalue weighted by Crippen LogP contribution is 2.09. The van der Waals surface area contributed by atoms with Crippen LogP contribution in [0.25, 0.3) is 0 Å². The largest absolute Gasteiger partial charge is 0.354 e. The van der Waals surface area contributed by atoms with Crippen molar-refractivity contribution in [3.8, 4) is 0 Å². The molecule has 4 nitrogen and oxygen atoms in total. The molecule has 22 heavy (non-hydrogen) atoms. The molecule has 0 aromatic rings. The molecule has 0 bridgehead atoms. The molecular weight excluding hydrogens is 276 g/mol. The summed E-state index contributed by atoms with van der Waals surface area (Å²) in [6, 6.07) is 0. The van der Waals surface area contributed by atoms with E-state index in [2.05, 4.69) is 10.6 Å². The van der Waals surface area contributed by atoms with Crippen molar-refractivity contribution in [2.75, 3.05) is 13.1 Å². The van der Waals surface area contributed by atoms with Crippen LogP contribution in [-0.4, -0.2) is 24.9 Å². The molecular formula is C18H26N2O2. The molecule has 0 saturated carbocycles. The first-order chi connectivity index (χ1) is 10.6. The standard InChI is InChI=1S/C18H26N2O2/c1-15(2)14-18(22)20-13-12-19-17(21)11-10-16-8-6-4-3-5-7-9-16/h3-9,15H,10-14H2,1-2H3,(H,19,21)(H,20,22)/b4-3-,5-3?,6-4?,7-5-,8-6-,9-7?,16-8?,16-9+. The van der Waals surface area contributed by atoms with E-state index in [9.17, 15) is 9.59 Å². The van der Waals surface area contributed by atoms with Gasteiger partial charge in [0, 0.05) is 25.9 Å². The summed E-state index contributed by atoms with van der Waals surface area (Å²) in [5, 5.41) is 5.62. The van der Waals surface area contributed by atoms with Gasteiger partial charge in [-0.15, -0.1) is 0 Å². The topological polar surface area (TPSA) is 58.2 Å². The lowest BCUT2D eigenvalue weighted by atomic mass is 10.1. The van der Waals surface area contributed by atoms with Crippen LogP contribution in [0.4, 0.5) is 0 Å². The quantitative estimate of drug-likeness (QED) is 0.677. The van der Waals surface area contributed by atoms with Crippen molar-refractivity contribution < 1.29 is 9.59 Å². The molecule has 0 radical (unpaired) electrons. The third-order valence-electron chi connectivity index (χ3n) is 3.07. The molecule has 0 fully saturated rings. The lowest BCUT2D eigenvalue weighted by molar-refractivity contribution is -0.123. The van der Waals surface area contributed by atoms with Crippen LogP contribution in [0.2, 0.25) is 0 Å². The smallest absolute Gasteiger partial charge is 0.220 e. The molecule has 0 saturated heterocycles. The van der Waals surface area contributed by atoms with Gasteiger partial charge in [0.2, 0.25) is 11.8 Å². The van der Waals surface area contributed by atoms with Crippen LogP contribution in [0.3, 0.4) is 0 Å². The maximum atomic E-state index is 11.8. The van der Waals surface area contributed by atoms with Crippen LogP contribution in [0.1, 0.15) is 33.1 Å². The minimum absolute atomic E-state index is 0.00832. The molecule has 0 heterocycles. The lowest BCUT2D eigenvalue weighted by Gasteiger charge is -2.08. The molecule has 0 aliphatic heterocycles. The van der Waals surface area contributed by atoms with Gasteiger partial charge in [-0.25, -0.2) is 0 Å². The highest BCUT2D eigenvalue weighted by molar-refractivity contribution is 5.77. The van der Waals surface area contributed by atoms with E-state index in [0.29, 0.717) is 38.3 Å². The Kier molecular flexibility index (Phi) is 8.65. The minimum Gasteiger partial charge on any atom is -0.354 e.